The van der Waals surface area contributed by atoms with Crippen LogP contribution in [0.4, 0.5) is 0 Å². The van der Waals surface area contributed by atoms with Crippen LogP contribution in [0.25, 0.3) is 10.4 Å². The molecule has 0 aliphatic rings. The molecule has 0 saturated carbocycles. The highest BCUT2D eigenvalue weighted by Gasteiger charge is 2.09. The minimum absolute atomic E-state index is 0.00545. The number of thiophene rings is 1. The molecule has 4 heteroatoms. The molecule has 0 aromatic carbocycles. The molecule has 2 aromatic rings. The van der Waals surface area contributed by atoms with Crippen molar-refractivity contribution in [3.05, 3.63) is 44.7 Å². The Bertz CT molecular complexity index is 598. The highest BCUT2D eigenvalue weighted by atomic mass is 32.1. The number of aromatic amines is 1. The van der Waals surface area contributed by atoms with E-state index in [0.29, 0.717) is 6.42 Å². The molecule has 0 aliphatic heterocycles. The van der Waals surface area contributed by atoms with Gasteiger partial charge in [-0.15, -0.1) is 11.3 Å². The third-order valence-electron chi connectivity index (χ3n) is 2.98. The van der Waals surface area contributed by atoms with Crippen molar-refractivity contribution in [3.8, 4) is 10.4 Å². The maximum absolute atomic E-state index is 11.7. The van der Waals surface area contributed by atoms with E-state index >= 15 is 0 Å². The van der Waals surface area contributed by atoms with Crippen LogP contribution in [0.15, 0.2) is 23.0 Å². The molecular formula is C14H17NO2S. The summed E-state index contributed by atoms with van der Waals surface area (Å²) in [5, 5.41) is 8.93. The second kappa shape index (κ2) is 5.50. The first-order valence-corrected chi connectivity index (χ1v) is 6.90. The molecule has 2 rings (SSSR count). The average Bonchev–Trinajstić information content (AvgIpc) is 2.78. The van der Waals surface area contributed by atoms with Crippen LogP contribution in [0, 0.1) is 6.92 Å². The summed E-state index contributed by atoms with van der Waals surface area (Å²) in [6, 6.07) is 6.06. The molecule has 0 bridgehead atoms. The standard InChI is InChI=1S/C14H17NO2S/c1-3-10-8-12(9(2)15-14(10)17)13-5-4-11(18-13)6-7-16/h4-5,8,16H,3,6-7H2,1-2H3,(H,15,17). The molecule has 0 unspecified atom stereocenters. The van der Waals surface area contributed by atoms with Crippen molar-refractivity contribution in [3.63, 3.8) is 0 Å². The van der Waals surface area contributed by atoms with Gasteiger partial charge >= 0.3 is 0 Å². The maximum Gasteiger partial charge on any atom is 0.251 e. The fourth-order valence-electron chi connectivity index (χ4n) is 1.95. The first-order chi connectivity index (χ1) is 8.65. The van der Waals surface area contributed by atoms with E-state index in [-0.39, 0.29) is 12.2 Å². The van der Waals surface area contributed by atoms with Crippen molar-refractivity contribution in [1.82, 2.24) is 4.98 Å². The first-order valence-electron chi connectivity index (χ1n) is 6.08. The normalized spacial score (nSPS) is 10.8. The van der Waals surface area contributed by atoms with Crippen LogP contribution in [-0.4, -0.2) is 16.7 Å². The lowest BCUT2D eigenvalue weighted by Gasteiger charge is -2.05. The Balaban J connectivity index is 2.45. The van der Waals surface area contributed by atoms with Gasteiger partial charge in [-0.3, -0.25) is 4.79 Å². The lowest BCUT2D eigenvalue weighted by molar-refractivity contribution is 0.300. The monoisotopic (exact) mass is 263 g/mol. The number of hydrogen-bond donors (Lipinski definition) is 2. The highest BCUT2D eigenvalue weighted by molar-refractivity contribution is 7.15. The molecule has 2 aromatic heterocycles. The number of aryl methyl sites for hydroxylation is 2. The Labute approximate surface area is 110 Å². The van der Waals surface area contributed by atoms with Crippen molar-refractivity contribution in [2.45, 2.75) is 26.7 Å². The van der Waals surface area contributed by atoms with E-state index in [1.54, 1.807) is 11.3 Å². The molecule has 2 N–H and O–H groups in total. The number of H-pyrrole nitrogens is 1. The summed E-state index contributed by atoms with van der Waals surface area (Å²) in [7, 11) is 0. The Hall–Kier alpha value is -1.39. The SMILES string of the molecule is CCc1cc(-c2ccc(CCO)s2)c(C)[nH]c1=O. The van der Waals surface area contributed by atoms with Crippen molar-refractivity contribution < 1.29 is 5.11 Å². The number of aromatic nitrogens is 1. The molecular weight excluding hydrogens is 246 g/mol. The van der Waals surface area contributed by atoms with Crippen molar-refractivity contribution in [2.75, 3.05) is 6.61 Å². The summed E-state index contributed by atoms with van der Waals surface area (Å²) in [6.45, 7) is 4.07. The van der Waals surface area contributed by atoms with Gasteiger partial charge in [0.05, 0.1) is 0 Å². The predicted molar refractivity (Wildman–Crippen MR) is 75.3 cm³/mol. The number of aliphatic hydroxyl groups excluding tert-OH is 1. The van der Waals surface area contributed by atoms with Crippen LogP contribution in [0.5, 0.6) is 0 Å². The number of rotatable bonds is 4. The molecule has 0 atom stereocenters. The van der Waals surface area contributed by atoms with E-state index in [9.17, 15) is 4.79 Å². The molecule has 0 fully saturated rings. The average molecular weight is 263 g/mol. The molecule has 3 nitrogen and oxygen atoms in total. The third-order valence-corrected chi connectivity index (χ3v) is 4.16. The summed E-state index contributed by atoms with van der Waals surface area (Å²) in [4.78, 5) is 16.9. The lowest BCUT2D eigenvalue weighted by Crippen LogP contribution is -2.13. The summed E-state index contributed by atoms with van der Waals surface area (Å²) in [6.07, 6.45) is 1.42. The van der Waals surface area contributed by atoms with Gasteiger partial charge < -0.3 is 10.1 Å². The number of pyridine rings is 1. The Kier molecular flexibility index (Phi) is 3.99. The van der Waals surface area contributed by atoms with Crippen LogP contribution in [-0.2, 0) is 12.8 Å². The van der Waals surface area contributed by atoms with E-state index in [2.05, 4.69) is 11.1 Å². The van der Waals surface area contributed by atoms with E-state index in [1.165, 1.54) is 0 Å². The van der Waals surface area contributed by atoms with E-state index in [1.807, 2.05) is 26.0 Å². The molecule has 0 amide bonds. The Morgan fingerprint density at radius 1 is 1.39 bits per heavy atom. The molecule has 2 heterocycles. The fraction of sp³-hybridized carbons (Fsp3) is 0.357. The molecule has 0 radical (unpaired) electrons. The van der Waals surface area contributed by atoms with Gasteiger partial charge in [-0.25, -0.2) is 0 Å². The van der Waals surface area contributed by atoms with Gasteiger partial charge in [0, 0.05) is 39.6 Å². The number of aliphatic hydroxyl groups is 1. The second-order valence-electron chi connectivity index (χ2n) is 4.26. The summed E-state index contributed by atoms with van der Waals surface area (Å²) < 4.78 is 0. The smallest absolute Gasteiger partial charge is 0.251 e. The van der Waals surface area contributed by atoms with Gasteiger partial charge in [-0.05, 0) is 31.5 Å². The molecule has 0 spiro atoms. The zero-order valence-corrected chi connectivity index (χ0v) is 11.4. The summed E-state index contributed by atoms with van der Waals surface area (Å²) in [5.41, 5.74) is 2.80. The second-order valence-corrected chi connectivity index (χ2v) is 5.42. The summed E-state index contributed by atoms with van der Waals surface area (Å²) in [5.74, 6) is 0. The summed E-state index contributed by atoms with van der Waals surface area (Å²) >= 11 is 1.67. The minimum atomic E-state index is 0.00545. The van der Waals surface area contributed by atoms with Crippen LogP contribution in [0.2, 0.25) is 0 Å². The fourth-order valence-corrected chi connectivity index (χ4v) is 3.02. The van der Waals surface area contributed by atoms with Gasteiger partial charge in [-0.2, -0.15) is 0 Å². The zero-order chi connectivity index (χ0) is 13.1. The van der Waals surface area contributed by atoms with E-state index in [4.69, 9.17) is 5.11 Å². The zero-order valence-electron chi connectivity index (χ0n) is 10.6. The van der Waals surface area contributed by atoms with E-state index in [0.717, 1.165) is 33.0 Å². The molecule has 0 aliphatic carbocycles. The number of hydrogen-bond acceptors (Lipinski definition) is 3. The number of nitrogens with one attached hydrogen (secondary N) is 1. The lowest BCUT2D eigenvalue weighted by atomic mass is 10.1. The van der Waals surface area contributed by atoms with E-state index < -0.39 is 0 Å². The largest absolute Gasteiger partial charge is 0.396 e. The molecule has 0 saturated heterocycles. The maximum atomic E-state index is 11.7. The first kappa shape index (κ1) is 13.1. The van der Waals surface area contributed by atoms with Crippen molar-refractivity contribution in [1.29, 1.82) is 0 Å². The third kappa shape index (κ3) is 2.54. The minimum Gasteiger partial charge on any atom is -0.396 e. The predicted octanol–water partition coefficient (Wildman–Crippen LogP) is 2.51. The Morgan fingerprint density at radius 2 is 2.17 bits per heavy atom. The quantitative estimate of drug-likeness (QED) is 0.890. The van der Waals surface area contributed by atoms with Gasteiger partial charge in [-0.1, -0.05) is 6.92 Å². The van der Waals surface area contributed by atoms with Gasteiger partial charge in [0.15, 0.2) is 0 Å². The van der Waals surface area contributed by atoms with Crippen LogP contribution >= 0.6 is 11.3 Å². The molecule has 96 valence electrons. The van der Waals surface area contributed by atoms with Gasteiger partial charge in [0.25, 0.3) is 5.56 Å². The van der Waals surface area contributed by atoms with Crippen LogP contribution in [0.3, 0.4) is 0 Å². The van der Waals surface area contributed by atoms with Crippen molar-refractivity contribution >= 4 is 11.3 Å². The van der Waals surface area contributed by atoms with Gasteiger partial charge in [0.1, 0.15) is 0 Å². The molecule has 18 heavy (non-hydrogen) atoms. The van der Waals surface area contributed by atoms with Crippen LogP contribution < -0.4 is 5.56 Å². The Morgan fingerprint density at radius 3 is 2.83 bits per heavy atom. The topological polar surface area (TPSA) is 53.1 Å². The van der Waals surface area contributed by atoms with Gasteiger partial charge in [0.2, 0.25) is 0 Å². The van der Waals surface area contributed by atoms with Crippen LogP contribution in [0.1, 0.15) is 23.1 Å². The van der Waals surface area contributed by atoms with Crippen molar-refractivity contribution in [2.24, 2.45) is 0 Å². The highest BCUT2D eigenvalue weighted by Crippen LogP contribution is 2.30.